The van der Waals surface area contributed by atoms with E-state index in [2.05, 4.69) is 0 Å². The summed E-state index contributed by atoms with van der Waals surface area (Å²) in [5.74, 6) is -3.26. The van der Waals surface area contributed by atoms with Crippen molar-refractivity contribution in [3.8, 4) is 0 Å². The van der Waals surface area contributed by atoms with Crippen LogP contribution in [0.3, 0.4) is 0 Å². The van der Waals surface area contributed by atoms with Crippen molar-refractivity contribution < 1.29 is 25.3 Å². The maximum absolute atomic E-state index is 10.7. The van der Waals surface area contributed by atoms with Crippen LogP contribution in [0.1, 0.15) is 26.2 Å². The molecule has 0 heterocycles. The van der Waals surface area contributed by atoms with E-state index >= 15 is 0 Å². The predicted molar refractivity (Wildman–Crippen MR) is 40.4 cm³/mol. The molecular weight excluding hydrogens is 160 g/mol. The first-order chi connectivity index (χ1) is 7.29. The van der Waals surface area contributed by atoms with Crippen molar-refractivity contribution >= 4 is 11.9 Å². The van der Waals surface area contributed by atoms with Crippen LogP contribution in [0.5, 0.6) is 0 Å². The minimum Gasteiger partial charge on any atom is -0.478 e. The molecule has 0 bridgehead atoms. The van der Waals surface area contributed by atoms with Crippen LogP contribution in [0.2, 0.25) is 0 Å². The first kappa shape index (κ1) is 4.25. The van der Waals surface area contributed by atoms with Gasteiger partial charge in [-0.2, -0.15) is 0 Å². The second-order valence-electron chi connectivity index (χ2n) is 1.86. The molecule has 1 aromatic carbocycles. The molecule has 1 rings (SSSR count). The lowest BCUT2D eigenvalue weighted by Crippen LogP contribution is -1.99. The molecule has 0 amide bonds. The fraction of sp³-hybridized carbons (Fsp3) is 0. The van der Waals surface area contributed by atoms with Gasteiger partial charge in [-0.1, -0.05) is 0 Å². The average molecular weight is 170 g/mol. The number of carboxylic acid groups (broad SMARTS) is 2. The maximum Gasteiger partial charge on any atom is 0.335 e. The summed E-state index contributed by atoms with van der Waals surface area (Å²) in [7, 11) is 0. The standard InChI is InChI=1S/C8H6O4/c9-7(10)5-1-2-6(4-3-5)8(11)12/h1-4H,(H,9,10)(H,11,12)/i1D,2D,3D,4D. The zero-order chi connectivity index (χ0) is 12.6. The molecule has 0 aliphatic heterocycles. The van der Waals surface area contributed by atoms with Crippen LogP contribution in [0.15, 0.2) is 24.2 Å². The van der Waals surface area contributed by atoms with Crippen molar-refractivity contribution in [1.29, 1.82) is 0 Å². The highest BCUT2D eigenvalue weighted by Crippen LogP contribution is 2.03. The second kappa shape index (κ2) is 3.04. The van der Waals surface area contributed by atoms with Crippen LogP contribution < -0.4 is 0 Å². The fourth-order valence-corrected chi connectivity index (χ4v) is 0.526. The van der Waals surface area contributed by atoms with Gasteiger partial charge < -0.3 is 10.2 Å². The van der Waals surface area contributed by atoms with Crippen LogP contribution >= 0.6 is 0 Å². The lowest BCUT2D eigenvalue weighted by Gasteiger charge is -1.94. The lowest BCUT2D eigenvalue weighted by molar-refractivity contribution is 0.0681. The van der Waals surface area contributed by atoms with Gasteiger partial charge in [0.2, 0.25) is 0 Å². The Hall–Kier alpha value is -1.84. The summed E-state index contributed by atoms with van der Waals surface area (Å²) in [6, 6.07) is -3.48. The molecule has 0 aliphatic rings. The molecular formula is C8H6O4. The smallest absolute Gasteiger partial charge is 0.335 e. The second-order valence-corrected chi connectivity index (χ2v) is 1.86. The largest absolute Gasteiger partial charge is 0.478 e. The zero-order valence-electron chi connectivity index (χ0n) is 9.71. The molecule has 0 aromatic heterocycles. The third kappa shape index (κ3) is 1.60. The average Bonchev–Trinajstić information content (AvgIpc) is 2.14. The van der Waals surface area contributed by atoms with E-state index in [0.29, 0.717) is 0 Å². The molecule has 2 N–H and O–H groups in total. The first-order valence-corrected chi connectivity index (χ1v) is 2.86. The number of hydrogen-bond donors (Lipinski definition) is 2. The molecule has 12 heavy (non-hydrogen) atoms. The number of benzene rings is 1. The van der Waals surface area contributed by atoms with Gasteiger partial charge in [-0.15, -0.1) is 0 Å². The molecule has 0 spiro atoms. The van der Waals surface area contributed by atoms with Gasteiger partial charge in [0.05, 0.1) is 16.6 Å². The number of carbonyl (C=O) groups is 2. The van der Waals surface area contributed by atoms with Crippen molar-refractivity contribution in [2.45, 2.75) is 0 Å². The summed E-state index contributed by atoms with van der Waals surface area (Å²) in [5, 5.41) is 17.3. The molecule has 0 fully saturated rings. The minimum atomic E-state index is -1.63. The number of aromatic carboxylic acids is 2. The Labute approximate surface area is 73.7 Å². The molecule has 1 aromatic rings. The van der Waals surface area contributed by atoms with Crippen LogP contribution in [0.4, 0.5) is 0 Å². The van der Waals surface area contributed by atoms with Gasteiger partial charge in [-0.05, 0) is 24.2 Å². The Morgan fingerprint density at radius 3 is 1.42 bits per heavy atom. The van der Waals surface area contributed by atoms with Gasteiger partial charge in [0.25, 0.3) is 0 Å². The summed E-state index contributed by atoms with van der Waals surface area (Å²) < 4.78 is 29.0. The van der Waals surface area contributed by atoms with Gasteiger partial charge in [-0.3, -0.25) is 0 Å². The minimum absolute atomic E-state index is 0.833. The van der Waals surface area contributed by atoms with Gasteiger partial charge in [0.1, 0.15) is 0 Å². The molecule has 0 unspecified atom stereocenters. The van der Waals surface area contributed by atoms with E-state index in [0.717, 1.165) is 0 Å². The molecule has 0 aliphatic carbocycles. The lowest BCUT2D eigenvalue weighted by atomic mass is 10.1. The Morgan fingerprint density at radius 1 is 1.00 bits per heavy atom. The van der Waals surface area contributed by atoms with E-state index in [1.165, 1.54) is 0 Å². The summed E-state index contributed by atoms with van der Waals surface area (Å²) >= 11 is 0. The Balaban J connectivity index is 3.77. The van der Waals surface area contributed by atoms with Crippen molar-refractivity contribution in [3.05, 3.63) is 35.3 Å². The Morgan fingerprint density at radius 2 is 1.25 bits per heavy atom. The van der Waals surface area contributed by atoms with Gasteiger partial charge in [0.15, 0.2) is 0 Å². The number of hydrogen-bond acceptors (Lipinski definition) is 2. The normalized spacial score (nSPS) is 14.0. The molecule has 4 nitrogen and oxygen atoms in total. The third-order valence-corrected chi connectivity index (χ3v) is 1.05. The fourth-order valence-electron chi connectivity index (χ4n) is 0.526. The Kier molecular flexibility index (Phi) is 1.08. The molecule has 62 valence electrons. The van der Waals surface area contributed by atoms with E-state index in [1.54, 1.807) is 0 Å². The molecule has 0 atom stereocenters. The summed E-state index contributed by atoms with van der Waals surface area (Å²) in [5.41, 5.74) is -1.67. The van der Waals surface area contributed by atoms with Gasteiger partial charge in [-0.25, -0.2) is 9.59 Å². The zero-order valence-corrected chi connectivity index (χ0v) is 5.71. The molecule has 0 saturated carbocycles. The van der Waals surface area contributed by atoms with Gasteiger partial charge in [0, 0.05) is 0 Å². The third-order valence-electron chi connectivity index (χ3n) is 1.05. The van der Waals surface area contributed by atoms with E-state index in [9.17, 15) is 9.59 Å². The highest BCUT2D eigenvalue weighted by Gasteiger charge is 2.04. The highest BCUT2D eigenvalue weighted by molar-refractivity contribution is 5.91. The molecule has 0 saturated heterocycles. The quantitative estimate of drug-likeness (QED) is 0.696. The van der Waals surface area contributed by atoms with Crippen LogP contribution in [-0.4, -0.2) is 22.2 Å². The highest BCUT2D eigenvalue weighted by atomic mass is 16.4. The maximum atomic E-state index is 10.7. The van der Waals surface area contributed by atoms with E-state index in [-0.39, 0.29) is 0 Å². The van der Waals surface area contributed by atoms with Crippen molar-refractivity contribution in [1.82, 2.24) is 0 Å². The van der Waals surface area contributed by atoms with Crippen molar-refractivity contribution in [2.75, 3.05) is 0 Å². The van der Waals surface area contributed by atoms with Crippen LogP contribution in [0.25, 0.3) is 0 Å². The van der Waals surface area contributed by atoms with Crippen LogP contribution in [0, 0.1) is 0 Å². The number of carboxylic acids is 2. The predicted octanol–water partition coefficient (Wildman–Crippen LogP) is 1.08. The SMILES string of the molecule is [2H]c1c([2H])c(C(=O)O)c([2H])c([2H])c1C(=O)O. The first-order valence-electron chi connectivity index (χ1n) is 4.86. The van der Waals surface area contributed by atoms with Gasteiger partial charge >= 0.3 is 11.9 Å². The molecule has 4 heteroatoms. The summed E-state index contributed by atoms with van der Waals surface area (Å²) in [4.78, 5) is 21.3. The monoisotopic (exact) mass is 170 g/mol. The summed E-state index contributed by atoms with van der Waals surface area (Å²) in [6.07, 6.45) is 0. The number of rotatable bonds is 2. The molecule has 0 radical (unpaired) electrons. The van der Waals surface area contributed by atoms with E-state index in [4.69, 9.17) is 15.7 Å². The van der Waals surface area contributed by atoms with E-state index in [1.807, 2.05) is 0 Å². The van der Waals surface area contributed by atoms with E-state index < -0.39 is 47.2 Å². The Bertz CT molecular complexity index is 423. The van der Waals surface area contributed by atoms with Crippen molar-refractivity contribution in [2.24, 2.45) is 0 Å². The van der Waals surface area contributed by atoms with Crippen molar-refractivity contribution in [3.63, 3.8) is 0 Å². The van der Waals surface area contributed by atoms with Crippen LogP contribution in [-0.2, 0) is 0 Å². The summed E-state index contributed by atoms with van der Waals surface area (Å²) in [6.45, 7) is 0. The topological polar surface area (TPSA) is 74.6 Å².